The highest BCUT2D eigenvalue weighted by molar-refractivity contribution is 5.96. The van der Waals surface area contributed by atoms with Gasteiger partial charge in [-0.25, -0.2) is 0 Å². The van der Waals surface area contributed by atoms with Crippen LogP contribution in [0.4, 0.5) is 0 Å². The van der Waals surface area contributed by atoms with Gasteiger partial charge in [0.2, 0.25) is 5.91 Å². The van der Waals surface area contributed by atoms with E-state index < -0.39 is 0 Å². The molecule has 4 rings (SSSR count). The summed E-state index contributed by atoms with van der Waals surface area (Å²) in [6.45, 7) is 1.60. The summed E-state index contributed by atoms with van der Waals surface area (Å²) in [6.07, 6.45) is 4.30. The van der Waals surface area contributed by atoms with E-state index in [0.717, 1.165) is 30.4 Å². The lowest BCUT2D eigenvalue weighted by Crippen LogP contribution is -2.45. The molecule has 1 heterocycles. The van der Waals surface area contributed by atoms with Gasteiger partial charge >= 0.3 is 0 Å². The second-order valence-corrected chi connectivity index (χ2v) is 10.2. The molecule has 7 nitrogen and oxygen atoms in total. The van der Waals surface area contributed by atoms with Crippen molar-refractivity contribution in [3.63, 3.8) is 0 Å². The molecule has 1 atom stereocenters. The van der Waals surface area contributed by atoms with Gasteiger partial charge < -0.3 is 24.0 Å². The average molecular weight is 545 g/mol. The largest absolute Gasteiger partial charge is 0.493 e. The van der Waals surface area contributed by atoms with Crippen LogP contribution < -0.4 is 14.2 Å². The first-order valence-corrected chi connectivity index (χ1v) is 14.0. The maximum absolute atomic E-state index is 13.8. The van der Waals surface area contributed by atoms with E-state index in [9.17, 15) is 9.59 Å². The third-order valence-corrected chi connectivity index (χ3v) is 7.44. The Bertz CT molecular complexity index is 1260. The molecular weight excluding hydrogens is 504 g/mol. The number of rotatable bonds is 7. The molecule has 3 aromatic rings. The van der Waals surface area contributed by atoms with Crippen molar-refractivity contribution in [1.82, 2.24) is 9.80 Å². The zero-order chi connectivity index (χ0) is 28.3. The molecule has 0 aromatic heterocycles. The van der Waals surface area contributed by atoms with Crippen LogP contribution in [0.15, 0.2) is 72.8 Å². The van der Waals surface area contributed by atoms with Gasteiger partial charge in [-0.3, -0.25) is 9.59 Å². The Kier molecular flexibility index (Phi) is 10.4. The van der Waals surface area contributed by atoms with Crippen molar-refractivity contribution < 1.29 is 23.8 Å². The van der Waals surface area contributed by atoms with Gasteiger partial charge in [0.25, 0.3) is 5.91 Å². The van der Waals surface area contributed by atoms with Crippen LogP contribution in [-0.4, -0.2) is 68.6 Å². The SMILES string of the molecule is COc1ccc(CCC(=O)N2CCCCCN(C)C(=O)c3ccccc3OC[C@@H]2Cc2ccccc2)cc1OC. The monoisotopic (exact) mass is 544 g/mol. The number of benzene rings is 3. The molecule has 0 unspecified atom stereocenters. The van der Waals surface area contributed by atoms with Crippen LogP contribution in [-0.2, 0) is 17.6 Å². The van der Waals surface area contributed by atoms with Crippen molar-refractivity contribution in [3.8, 4) is 17.2 Å². The summed E-state index contributed by atoms with van der Waals surface area (Å²) in [4.78, 5) is 30.7. The maximum atomic E-state index is 13.8. The van der Waals surface area contributed by atoms with Crippen molar-refractivity contribution in [1.29, 1.82) is 0 Å². The number of nitrogens with zero attached hydrogens (tertiary/aromatic N) is 2. The van der Waals surface area contributed by atoms with Gasteiger partial charge in [0.1, 0.15) is 12.4 Å². The number of para-hydroxylation sites is 1. The van der Waals surface area contributed by atoms with Gasteiger partial charge in [-0.15, -0.1) is 0 Å². The third-order valence-electron chi connectivity index (χ3n) is 7.44. The third kappa shape index (κ3) is 7.56. The van der Waals surface area contributed by atoms with E-state index in [1.807, 2.05) is 72.6 Å². The number of carbonyl (C=O) groups is 2. The predicted octanol–water partition coefficient (Wildman–Crippen LogP) is 5.41. The minimum absolute atomic E-state index is 0.0442. The lowest BCUT2D eigenvalue weighted by Gasteiger charge is -2.32. The Morgan fingerprint density at radius 3 is 2.38 bits per heavy atom. The van der Waals surface area contributed by atoms with E-state index in [1.165, 1.54) is 0 Å². The molecule has 0 fully saturated rings. The first-order chi connectivity index (χ1) is 19.5. The Morgan fingerprint density at radius 2 is 1.60 bits per heavy atom. The predicted molar refractivity (Wildman–Crippen MR) is 156 cm³/mol. The molecule has 40 heavy (non-hydrogen) atoms. The summed E-state index contributed by atoms with van der Waals surface area (Å²) < 4.78 is 17.1. The fraction of sp³-hybridized carbons (Fsp3) is 0.394. The first kappa shape index (κ1) is 29.0. The van der Waals surface area contributed by atoms with E-state index >= 15 is 0 Å². The van der Waals surface area contributed by atoms with Crippen LogP contribution in [0.1, 0.15) is 47.2 Å². The summed E-state index contributed by atoms with van der Waals surface area (Å²) in [5, 5.41) is 0. The van der Waals surface area contributed by atoms with Crippen LogP contribution >= 0.6 is 0 Å². The van der Waals surface area contributed by atoms with Gasteiger partial charge in [0.15, 0.2) is 11.5 Å². The molecule has 0 radical (unpaired) electrons. The normalized spacial score (nSPS) is 16.6. The number of aryl methyl sites for hydroxylation is 1. The number of hydrogen-bond donors (Lipinski definition) is 0. The van der Waals surface area contributed by atoms with Gasteiger partial charge in [-0.1, -0.05) is 48.5 Å². The molecule has 1 aliphatic rings. The van der Waals surface area contributed by atoms with Crippen LogP contribution in [0, 0.1) is 0 Å². The Labute approximate surface area is 237 Å². The van der Waals surface area contributed by atoms with Crippen LogP contribution in [0.5, 0.6) is 17.2 Å². The Balaban J connectivity index is 1.58. The number of hydrogen-bond acceptors (Lipinski definition) is 5. The fourth-order valence-electron chi connectivity index (χ4n) is 5.16. The minimum atomic E-state index is -0.179. The lowest BCUT2D eigenvalue weighted by atomic mass is 10.0. The molecule has 0 saturated heterocycles. The second-order valence-electron chi connectivity index (χ2n) is 10.2. The summed E-state index contributed by atoms with van der Waals surface area (Å²) in [6, 6.07) is 23.2. The number of ether oxygens (including phenoxy) is 3. The molecule has 0 bridgehead atoms. The molecule has 7 heteroatoms. The standard InChI is InChI=1S/C33H40N2O5/c1-34-20-10-5-11-21-35(32(36)19-17-26-16-18-30(38-2)31(23-26)39-3)27(22-25-12-6-4-7-13-25)24-40-29-15-9-8-14-28(29)33(34)37/h4,6-9,12-16,18,23,27H,5,10-11,17,19-22,24H2,1-3H3/t27-/m0/s1. The van der Waals surface area contributed by atoms with Crippen molar-refractivity contribution in [2.75, 3.05) is 41.0 Å². The van der Waals surface area contributed by atoms with Gasteiger partial charge in [-0.05, 0) is 67.5 Å². The van der Waals surface area contributed by atoms with E-state index in [-0.39, 0.29) is 17.9 Å². The molecule has 1 aliphatic heterocycles. The first-order valence-electron chi connectivity index (χ1n) is 14.0. The number of amides is 2. The van der Waals surface area contributed by atoms with Crippen molar-refractivity contribution >= 4 is 11.8 Å². The van der Waals surface area contributed by atoms with Crippen LogP contribution in [0.2, 0.25) is 0 Å². The van der Waals surface area contributed by atoms with Crippen LogP contribution in [0.25, 0.3) is 0 Å². The van der Waals surface area contributed by atoms with E-state index in [4.69, 9.17) is 14.2 Å². The number of carbonyl (C=O) groups excluding carboxylic acids is 2. The molecule has 0 N–H and O–H groups in total. The lowest BCUT2D eigenvalue weighted by molar-refractivity contribution is -0.134. The van der Waals surface area contributed by atoms with Gasteiger partial charge in [-0.2, -0.15) is 0 Å². The van der Waals surface area contributed by atoms with Gasteiger partial charge in [0.05, 0.1) is 25.8 Å². The Hall–Kier alpha value is -4.00. The maximum Gasteiger partial charge on any atom is 0.257 e. The van der Waals surface area contributed by atoms with Crippen molar-refractivity contribution in [2.24, 2.45) is 0 Å². The highest BCUT2D eigenvalue weighted by Crippen LogP contribution is 2.28. The molecule has 3 aromatic carbocycles. The van der Waals surface area contributed by atoms with E-state index in [0.29, 0.717) is 61.8 Å². The summed E-state index contributed by atoms with van der Waals surface area (Å²) >= 11 is 0. The van der Waals surface area contributed by atoms with E-state index in [2.05, 4.69) is 12.1 Å². The second kappa shape index (κ2) is 14.4. The zero-order valence-electron chi connectivity index (χ0n) is 23.8. The summed E-state index contributed by atoms with van der Waals surface area (Å²) in [5.74, 6) is 1.92. The molecule has 212 valence electrons. The number of fused-ring (bicyclic) bond motifs is 1. The fourth-order valence-corrected chi connectivity index (χ4v) is 5.16. The molecule has 0 spiro atoms. The highest BCUT2D eigenvalue weighted by Gasteiger charge is 2.26. The van der Waals surface area contributed by atoms with E-state index in [1.54, 1.807) is 19.1 Å². The van der Waals surface area contributed by atoms with Gasteiger partial charge in [0, 0.05) is 26.6 Å². The van der Waals surface area contributed by atoms with Crippen molar-refractivity contribution in [3.05, 3.63) is 89.5 Å². The number of methoxy groups -OCH3 is 2. The molecule has 0 aliphatic carbocycles. The topological polar surface area (TPSA) is 68.3 Å². The molecule has 0 saturated carbocycles. The minimum Gasteiger partial charge on any atom is -0.493 e. The summed E-state index contributed by atoms with van der Waals surface area (Å²) in [5.41, 5.74) is 2.71. The van der Waals surface area contributed by atoms with Crippen LogP contribution in [0.3, 0.4) is 0 Å². The smallest absolute Gasteiger partial charge is 0.257 e. The molecular formula is C33H40N2O5. The Morgan fingerprint density at radius 1 is 0.875 bits per heavy atom. The average Bonchev–Trinajstić information content (AvgIpc) is 3.00. The summed E-state index contributed by atoms with van der Waals surface area (Å²) in [7, 11) is 5.06. The zero-order valence-corrected chi connectivity index (χ0v) is 23.8. The quantitative estimate of drug-likeness (QED) is 0.398. The highest BCUT2D eigenvalue weighted by atomic mass is 16.5. The molecule has 2 amide bonds. The van der Waals surface area contributed by atoms with Crippen molar-refractivity contribution in [2.45, 2.75) is 44.6 Å².